The zero-order valence-corrected chi connectivity index (χ0v) is 9.90. The Kier molecular flexibility index (Phi) is 4.49. The van der Waals surface area contributed by atoms with Gasteiger partial charge in [0.15, 0.2) is 5.15 Å². The molecule has 1 rings (SSSR count). The molecule has 1 aromatic heterocycles. The highest BCUT2D eigenvalue weighted by Crippen LogP contribution is 2.12. The molecule has 1 unspecified atom stereocenters. The fraction of sp³-hybridized carbons (Fsp3) is 0.500. The molecule has 0 saturated heterocycles. The van der Waals surface area contributed by atoms with Crippen LogP contribution in [-0.4, -0.2) is 27.3 Å². The number of nitrogens with one attached hydrogen (secondary N) is 1. The van der Waals surface area contributed by atoms with Gasteiger partial charge in [0.25, 0.3) is 0 Å². The van der Waals surface area contributed by atoms with Gasteiger partial charge in [-0.2, -0.15) is 0 Å². The quantitative estimate of drug-likeness (QED) is 0.828. The molecule has 5 nitrogen and oxygen atoms in total. The van der Waals surface area contributed by atoms with Crippen molar-refractivity contribution in [2.24, 2.45) is 5.92 Å². The average Bonchev–Trinajstić information content (AvgIpc) is 2.19. The van der Waals surface area contributed by atoms with Crippen LogP contribution in [0, 0.1) is 5.92 Å². The Morgan fingerprint density at radius 2 is 2.19 bits per heavy atom. The summed E-state index contributed by atoms with van der Waals surface area (Å²) in [4.78, 5) is 11.0. The van der Waals surface area contributed by atoms with Crippen molar-refractivity contribution in [3.63, 3.8) is 0 Å². The first-order chi connectivity index (χ1) is 7.49. The van der Waals surface area contributed by atoms with Gasteiger partial charge in [0.1, 0.15) is 11.9 Å². The van der Waals surface area contributed by atoms with Crippen LogP contribution in [0.2, 0.25) is 5.15 Å². The van der Waals surface area contributed by atoms with Crippen LogP contribution in [0.5, 0.6) is 0 Å². The molecular formula is C10H14ClN3O2. The van der Waals surface area contributed by atoms with E-state index in [-0.39, 0.29) is 11.1 Å². The first-order valence-electron chi connectivity index (χ1n) is 4.97. The molecule has 0 aromatic carbocycles. The summed E-state index contributed by atoms with van der Waals surface area (Å²) in [5, 5.41) is 19.5. The Balaban J connectivity index is 2.68. The number of hydrogen-bond acceptors (Lipinski definition) is 4. The molecule has 6 heteroatoms. The molecule has 1 aromatic rings. The van der Waals surface area contributed by atoms with Crippen molar-refractivity contribution in [1.29, 1.82) is 0 Å². The molecule has 0 fully saturated rings. The number of aliphatic carboxylic acids is 1. The number of aromatic nitrogens is 2. The molecule has 0 spiro atoms. The van der Waals surface area contributed by atoms with Crippen molar-refractivity contribution in [1.82, 2.24) is 10.2 Å². The van der Waals surface area contributed by atoms with Crippen LogP contribution in [0.3, 0.4) is 0 Å². The largest absolute Gasteiger partial charge is 0.480 e. The van der Waals surface area contributed by atoms with Crippen molar-refractivity contribution < 1.29 is 9.90 Å². The molecule has 1 atom stereocenters. The summed E-state index contributed by atoms with van der Waals surface area (Å²) in [5.41, 5.74) is 0. The number of carboxylic acids is 1. The van der Waals surface area contributed by atoms with E-state index >= 15 is 0 Å². The number of carbonyl (C=O) groups is 1. The first-order valence-corrected chi connectivity index (χ1v) is 5.35. The standard InChI is InChI=1S/C10H14ClN3O2/c1-6(2)5-7(10(15)16)12-9-4-3-8(11)13-14-9/h3-4,6-7H,5H2,1-2H3,(H,12,14)(H,15,16). The minimum atomic E-state index is -0.898. The maximum atomic E-state index is 11.0. The molecule has 0 amide bonds. The molecular weight excluding hydrogens is 230 g/mol. The summed E-state index contributed by atoms with van der Waals surface area (Å²) in [7, 11) is 0. The number of nitrogens with zero attached hydrogens (tertiary/aromatic N) is 2. The van der Waals surface area contributed by atoms with Crippen molar-refractivity contribution in [2.75, 3.05) is 5.32 Å². The van der Waals surface area contributed by atoms with Gasteiger partial charge in [-0.1, -0.05) is 25.4 Å². The highest BCUT2D eigenvalue weighted by Gasteiger charge is 2.18. The van der Waals surface area contributed by atoms with E-state index in [4.69, 9.17) is 16.7 Å². The van der Waals surface area contributed by atoms with Crippen molar-refractivity contribution in [2.45, 2.75) is 26.3 Å². The van der Waals surface area contributed by atoms with E-state index in [0.29, 0.717) is 12.2 Å². The lowest BCUT2D eigenvalue weighted by Gasteiger charge is -2.16. The maximum Gasteiger partial charge on any atom is 0.326 e. The van der Waals surface area contributed by atoms with Crippen LogP contribution >= 0.6 is 11.6 Å². The van der Waals surface area contributed by atoms with Crippen LogP contribution in [0.4, 0.5) is 5.82 Å². The van der Waals surface area contributed by atoms with Crippen molar-refractivity contribution in [3.05, 3.63) is 17.3 Å². The highest BCUT2D eigenvalue weighted by molar-refractivity contribution is 6.29. The number of anilines is 1. The Labute approximate surface area is 98.8 Å². The van der Waals surface area contributed by atoms with Crippen LogP contribution in [-0.2, 0) is 4.79 Å². The van der Waals surface area contributed by atoms with Crippen LogP contribution in [0.25, 0.3) is 0 Å². The second-order valence-electron chi connectivity index (χ2n) is 3.91. The molecule has 0 aliphatic heterocycles. The normalized spacial score (nSPS) is 12.5. The van der Waals surface area contributed by atoms with Gasteiger partial charge in [0.2, 0.25) is 0 Å². The zero-order valence-electron chi connectivity index (χ0n) is 9.14. The molecule has 2 N–H and O–H groups in total. The molecule has 0 aliphatic rings. The van der Waals surface area contributed by atoms with Gasteiger partial charge in [-0.25, -0.2) is 4.79 Å². The predicted octanol–water partition coefficient (Wildman–Crippen LogP) is 2.04. The van der Waals surface area contributed by atoms with Gasteiger partial charge >= 0.3 is 5.97 Å². The fourth-order valence-electron chi connectivity index (χ4n) is 1.26. The van der Waals surface area contributed by atoms with Crippen LogP contribution in [0.15, 0.2) is 12.1 Å². The van der Waals surface area contributed by atoms with E-state index in [2.05, 4.69) is 15.5 Å². The second kappa shape index (κ2) is 5.65. The number of halogens is 1. The molecule has 1 heterocycles. The minimum absolute atomic E-state index is 0.279. The van der Waals surface area contributed by atoms with E-state index in [0.717, 1.165) is 0 Å². The lowest BCUT2D eigenvalue weighted by atomic mass is 10.0. The summed E-state index contributed by atoms with van der Waals surface area (Å²) >= 11 is 5.58. The van der Waals surface area contributed by atoms with Gasteiger partial charge in [-0.05, 0) is 24.5 Å². The third-order valence-corrected chi connectivity index (χ3v) is 2.16. The Morgan fingerprint density at radius 1 is 1.50 bits per heavy atom. The van der Waals surface area contributed by atoms with Crippen LogP contribution in [0.1, 0.15) is 20.3 Å². The topological polar surface area (TPSA) is 75.1 Å². The molecule has 0 saturated carbocycles. The first kappa shape index (κ1) is 12.7. The highest BCUT2D eigenvalue weighted by atomic mass is 35.5. The lowest BCUT2D eigenvalue weighted by molar-refractivity contribution is -0.138. The third kappa shape index (κ3) is 4.02. The zero-order chi connectivity index (χ0) is 12.1. The van der Waals surface area contributed by atoms with E-state index in [1.54, 1.807) is 12.1 Å². The summed E-state index contributed by atoms with van der Waals surface area (Å²) in [6.45, 7) is 3.93. The Hall–Kier alpha value is -1.36. The lowest BCUT2D eigenvalue weighted by Crippen LogP contribution is -2.31. The number of carboxylic acid groups (broad SMARTS) is 1. The molecule has 88 valence electrons. The van der Waals surface area contributed by atoms with E-state index in [1.165, 1.54) is 0 Å². The molecule has 16 heavy (non-hydrogen) atoms. The Morgan fingerprint density at radius 3 is 2.62 bits per heavy atom. The number of hydrogen-bond donors (Lipinski definition) is 2. The van der Waals surface area contributed by atoms with Gasteiger partial charge in [-0.15, -0.1) is 10.2 Å². The van der Waals surface area contributed by atoms with Gasteiger partial charge < -0.3 is 10.4 Å². The molecule has 0 radical (unpaired) electrons. The predicted molar refractivity (Wildman–Crippen MR) is 61.5 cm³/mol. The minimum Gasteiger partial charge on any atom is -0.480 e. The van der Waals surface area contributed by atoms with E-state index in [9.17, 15) is 4.79 Å². The van der Waals surface area contributed by atoms with Gasteiger partial charge in [-0.3, -0.25) is 0 Å². The summed E-state index contributed by atoms with van der Waals surface area (Å²) in [6, 6.07) is 2.51. The summed E-state index contributed by atoms with van der Waals surface area (Å²) < 4.78 is 0. The van der Waals surface area contributed by atoms with Crippen molar-refractivity contribution >= 4 is 23.4 Å². The summed E-state index contributed by atoms with van der Waals surface area (Å²) in [6.07, 6.45) is 0.527. The van der Waals surface area contributed by atoms with Gasteiger partial charge in [0, 0.05) is 0 Å². The fourth-order valence-corrected chi connectivity index (χ4v) is 1.37. The second-order valence-corrected chi connectivity index (χ2v) is 4.29. The average molecular weight is 244 g/mol. The van der Waals surface area contributed by atoms with E-state index < -0.39 is 12.0 Å². The van der Waals surface area contributed by atoms with E-state index in [1.807, 2.05) is 13.8 Å². The summed E-state index contributed by atoms with van der Waals surface area (Å²) in [5.74, 6) is -0.197. The maximum absolute atomic E-state index is 11.0. The smallest absolute Gasteiger partial charge is 0.326 e. The SMILES string of the molecule is CC(C)CC(Nc1ccc(Cl)nn1)C(=O)O. The Bertz CT molecular complexity index is 354. The monoisotopic (exact) mass is 243 g/mol. The van der Waals surface area contributed by atoms with Crippen LogP contribution < -0.4 is 5.32 Å². The van der Waals surface area contributed by atoms with Crippen molar-refractivity contribution in [3.8, 4) is 0 Å². The molecule has 0 bridgehead atoms. The van der Waals surface area contributed by atoms with Gasteiger partial charge in [0.05, 0.1) is 0 Å². The molecule has 0 aliphatic carbocycles. The number of rotatable bonds is 5. The third-order valence-electron chi connectivity index (χ3n) is 1.96.